The van der Waals surface area contributed by atoms with Gasteiger partial charge in [-0.25, -0.2) is 0 Å². The summed E-state index contributed by atoms with van der Waals surface area (Å²) in [6.45, 7) is 2.65. The maximum atomic E-state index is 13.0. The first-order chi connectivity index (χ1) is 13.7. The van der Waals surface area contributed by atoms with Crippen LogP contribution in [-0.4, -0.2) is 42.0 Å². The summed E-state index contributed by atoms with van der Waals surface area (Å²) in [7, 11) is 1.83. The fourth-order valence-electron chi connectivity index (χ4n) is 3.73. The van der Waals surface area contributed by atoms with Crippen LogP contribution in [0.1, 0.15) is 28.8 Å². The van der Waals surface area contributed by atoms with E-state index in [9.17, 15) is 4.79 Å². The standard InChI is InChI=1S/C23H26N4O/c1-27(16-17-6-3-2-4-7-17)23(28)18-14-20-21(25-15-18)8-5-9-22(20)26-19-10-12-24-13-11-19/h2-9,14-15,19,24,26H,10-13,16H2,1H3. The second-order valence-electron chi connectivity index (χ2n) is 7.41. The van der Waals surface area contributed by atoms with E-state index in [1.807, 2.05) is 55.6 Å². The Hall–Kier alpha value is -2.92. The quantitative estimate of drug-likeness (QED) is 0.715. The third-order valence-corrected chi connectivity index (χ3v) is 5.28. The van der Waals surface area contributed by atoms with E-state index in [2.05, 4.69) is 21.7 Å². The number of piperidine rings is 1. The third kappa shape index (κ3) is 4.15. The minimum Gasteiger partial charge on any atom is -0.382 e. The zero-order valence-electron chi connectivity index (χ0n) is 16.2. The van der Waals surface area contributed by atoms with Crippen LogP contribution in [0.5, 0.6) is 0 Å². The SMILES string of the molecule is CN(Cc1ccccc1)C(=O)c1cnc2cccc(NC3CCNCC3)c2c1. The van der Waals surface area contributed by atoms with Crippen LogP contribution in [-0.2, 0) is 6.54 Å². The molecule has 2 aromatic carbocycles. The van der Waals surface area contributed by atoms with Gasteiger partial charge in [0, 0.05) is 36.9 Å². The molecule has 1 aromatic heterocycles. The molecule has 0 aliphatic carbocycles. The summed E-state index contributed by atoms with van der Waals surface area (Å²) in [5, 5.41) is 8.05. The Bertz CT molecular complexity index is 951. The number of carbonyl (C=O) groups is 1. The molecule has 5 heteroatoms. The zero-order chi connectivity index (χ0) is 19.3. The highest BCUT2D eigenvalue weighted by Gasteiger charge is 2.16. The average molecular weight is 374 g/mol. The molecule has 0 bridgehead atoms. The summed E-state index contributed by atoms with van der Waals surface area (Å²) >= 11 is 0. The Morgan fingerprint density at radius 2 is 1.93 bits per heavy atom. The first-order valence-electron chi connectivity index (χ1n) is 9.86. The molecule has 1 saturated heterocycles. The molecule has 144 valence electrons. The number of aromatic nitrogens is 1. The van der Waals surface area contributed by atoms with Crippen molar-refractivity contribution in [2.75, 3.05) is 25.5 Å². The summed E-state index contributed by atoms with van der Waals surface area (Å²) in [5.41, 5.74) is 3.68. The number of rotatable bonds is 5. The van der Waals surface area contributed by atoms with Gasteiger partial charge in [-0.15, -0.1) is 0 Å². The number of hydrogen-bond donors (Lipinski definition) is 2. The molecule has 0 radical (unpaired) electrons. The van der Waals surface area contributed by atoms with Gasteiger partial charge in [0.05, 0.1) is 11.1 Å². The van der Waals surface area contributed by atoms with E-state index in [4.69, 9.17) is 0 Å². The van der Waals surface area contributed by atoms with Gasteiger partial charge in [-0.2, -0.15) is 0 Å². The third-order valence-electron chi connectivity index (χ3n) is 5.28. The van der Waals surface area contributed by atoms with Crippen molar-refractivity contribution in [3.05, 3.63) is 71.9 Å². The zero-order valence-corrected chi connectivity index (χ0v) is 16.2. The highest BCUT2D eigenvalue weighted by Crippen LogP contribution is 2.25. The summed E-state index contributed by atoms with van der Waals surface area (Å²) in [6.07, 6.45) is 3.88. The number of fused-ring (bicyclic) bond motifs is 1. The minimum atomic E-state index is -0.0186. The first kappa shape index (κ1) is 18.4. The van der Waals surface area contributed by atoms with Gasteiger partial charge in [0.15, 0.2) is 0 Å². The molecule has 1 fully saturated rings. The molecule has 4 rings (SSSR count). The van der Waals surface area contributed by atoms with E-state index >= 15 is 0 Å². The summed E-state index contributed by atoms with van der Waals surface area (Å²) < 4.78 is 0. The summed E-state index contributed by atoms with van der Waals surface area (Å²) in [5.74, 6) is -0.0186. The van der Waals surface area contributed by atoms with E-state index in [1.54, 1.807) is 11.1 Å². The molecule has 1 aliphatic heterocycles. The number of anilines is 1. The second-order valence-corrected chi connectivity index (χ2v) is 7.41. The Kier molecular flexibility index (Phi) is 5.53. The molecular formula is C23H26N4O. The lowest BCUT2D eigenvalue weighted by Crippen LogP contribution is -2.35. The molecule has 0 spiro atoms. The molecule has 2 heterocycles. The van der Waals surface area contributed by atoms with Gasteiger partial charge >= 0.3 is 0 Å². The number of carbonyl (C=O) groups excluding carboxylic acids is 1. The van der Waals surface area contributed by atoms with Crippen LogP contribution < -0.4 is 10.6 Å². The molecule has 3 aromatic rings. The lowest BCUT2D eigenvalue weighted by Gasteiger charge is -2.25. The predicted octanol–water partition coefficient (Wildman–Crippen LogP) is 3.67. The molecule has 1 aliphatic rings. The lowest BCUT2D eigenvalue weighted by atomic mass is 10.0. The summed E-state index contributed by atoms with van der Waals surface area (Å²) in [6, 6.07) is 18.5. The van der Waals surface area contributed by atoms with Gasteiger partial charge in [0.2, 0.25) is 0 Å². The lowest BCUT2D eigenvalue weighted by molar-refractivity contribution is 0.0785. The number of amides is 1. The van der Waals surface area contributed by atoms with Gasteiger partial charge in [0.25, 0.3) is 5.91 Å². The van der Waals surface area contributed by atoms with Crippen LogP contribution in [0, 0.1) is 0 Å². The van der Waals surface area contributed by atoms with Gasteiger partial charge in [-0.1, -0.05) is 36.4 Å². The van der Waals surface area contributed by atoms with E-state index in [0.717, 1.165) is 48.1 Å². The van der Waals surface area contributed by atoms with Crippen molar-refractivity contribution < 1.29 is 4.79 Å². The van der Waals surface area contributed by atoms with Gasteiger partial charge in [-0.3, -0.25) is 9.78 Å². The Morgan fingerprint density at radius 3 is 2.71 bits per heavy atom. The highest BCUT2D eigenvalue weighted by molar-refractivity contribution is 6.00. The Balaban J connectivity index is 1.57. The molecule has 5 nitrogen and oxygen atoms in total. The normalized spacial score (nSPS) is 14.8. The van der Waals surface area contributed by atoms with Crippen LogP contribution in [0.4, 0.5) is 5.69 Å². The van der Waals surface area contributed by atoms with Crippen molar-refractivity contribution in [1.29, 1.82) is 0 Å². The first-order valence-corrected chi connectivity index (χ1v) is 9.86. The van der Waals surface area contributed by atoms with E-state index < -0.39 is 0 Å². The van der Waals surface area contributed by atoms with Crippen LogP contribution in [0.2, 0.25) is 0 Å². The van der Waals surface area contributed by atoms with Crippen molar-refractivity contribution in [1.82, 2.24) is 15.2 Å². The van der Waals surface area contributed by atoms with Crippen LogP contribution in [0.3, 0.4) is 0 Å². The Morgan fingerprint density at radius 1 is 1.14 bits per heavy atom. The average Bonchev–Trinajstić information content (AvgIpc) is 2.74. The second kappa shape index (κ2) is 8.40. The van der Waals surface area contributed by atoms with Crippen molar-refractivity contribution in [2.45, 2.75) is 25.4 Å². The molecule has 0 atom stereocenters. The van der Waals surface area contributed by atoms with Crippen molar-refractivity contribution in [3.8, 4) is 0 Å². The van der Waals surface area contributed by atoms with Crippen molar-refractivity contribution in [3.63, 3.8) is 0 Å². The fourth-order valence-corrected chi connectivity index (χ4v) is 3.73. The molecule has 0 saturated carbocycles. The van der Waals surface area contributed by atoms with Crippen molar-refractivity contribution in [2.24, 2.45) is 0 Å². The molecule has 28 heavy (non-hydrogen) atoms. The largest absolute Gasteiger partial charge is 0.382 e. The molecular weight excluding hydrogens is 348 g/mol. The van der Waals surface area contributed by atoms with E-state index in [0.29, 0.717) is 18.2 Å². The van der Waals surface area contributed by atoms with E-state index in [1.165, 1.54) is 0 Å². The minimum absolute atomic E-state index is 0.0186. The maximum absolute atomic E-state index is 13.0. The summed E-state index contributed by atoms with van der Waals surface area (Å²) in [4.78, 5) is 19.2. The van der Waals surface area contributed by atoms with Crippen LogP contribution >= 0.6 is 0 Å². The highest BCUT2D eigenvalue weighted by atomic mass is 16.2. The monoisotopic (exact) mass is 374 g/mol. The van der Waals surface area contributed by atoms with Gasteiger partial charge < -0.3 is 15.5 Å². The molecule has 2 N–H and O–H groups in total. The van der Waals surface area contributed by atoms with Crippen LogP contribution in [0.25, 0.3) is 10.9 Å². The number of benzene rings is 2. The topological polar surface area (TPSA) is 57.3 Å². The number of hydrogen-bond acceptors (Lipinski definition) is 4. The van der Waals surface area contributed by atoms with Crippen LogP contribution in [0.15, 0.2) is 60.8 Å². The molecule has 1 amide bonds. The Labute approximate surface area is 165 Å². The number of nitrogens with zero attached hydrogens (tertiary/aromatic N) is 2. The predicted molar refractivity (Wildman–Crippen MR) is 113 cm³/mol. The van der Waals surface area contributed by atoms with Crippen molar-refractivity contribution >= 4 is 22.5 Å². The smallest absolute Gasteiger partial charge is 0.255 e. The number of pyridine rings is 1. The maximum Gasteiger partial charge on any atom is 0.255 e. The van der Waals surface area contributed by atoms with E-state index in [-0.39, 0.29) is 5.91 Å². The molecule has 0 unspecified atom stereocenters. The number of nitrogens with one attached hydrogen (secondary N) is 2. The van der Waals surface area contributed by atoms with Gasteiger partial charge in [0.1, 0.15) is 0 Å². The van der Waals surface area contributed by atoms with Gasteiger partial charge in [-0.05, 0) is 49.7 Å². The fraction of sp³-hybridized carbons (Fsp3) is 0.304.